The molecule has 0 saturated heterocycles. The van der Waals surface area contributed by atoms with Gasteiger partial charge in [0, 0.05) is 12.1 Å². The topological polar surface area (TPSA) is 12.0 Å². The second-order valence-electron chi connectivity index (χ2n) is 6.06. The molecule has 1 fully saturated rings. The van der Waals surface area contributed by atoms with Crippen LogP contribution in [0.4, 0.5) is 0 Å². The van der Waals surface area contributed by atoms with Crippen molar-refractivity contribution >= 4 is 0 Å². The Morgan fingerprint density at radius 1 is 1.22 bits per heavy atom. The highest BCUT2D eigenvalue weighted by molar-refractivity contribution is 5.14. The van der Waals surface area contributed by atoms with Crippen molar-refractivity contribution in [2.24, 2.45) is 5.92 Å². The van der Waals surface area contributed by atoms with Crippen molar-refractivity contribution in [1.82, 2.24) is 5.32 Å². The second-order valence-corrected chi connectivity index (χ2v) is 6.06. The molecular formula is C17H27N. The van der Waals surface area contributed by atoms with E-state index < -0.39 is 0 Å². The van der Waals surface area contributed by atoms with Crippen LogP contribution in [0.3, 0.4) is 0 Å². The Bertz CT molecular complexity index is 333. The summed E-state index contributed by atoms with van der Waals surface area (Å²) in [5.74, 6) is 0.914. The van der Waals surface area contributed by atoms with Gasteiger partial charge in [0.05, 0.1) is 0 Å². The fraction of sp³-hybridized carbons (Fsp3) is 0.647. The van der Waals surface area contributed by atoms with E-state index in [-0.39, 0.29) is 0 Å². The zero-order valence-corrected chi connectivity index (χ0v) is 11.9. The van der Waals surface area contributed by atoms with E-state index in [2.05, 4.69) is 49.5 Å². The smallest absolute Gasteiger partial charge is 0.00720 e. The number of nitrogens with one attached hydrogen (secondary N) is 1. The Balaban J connectivity index is 1.70. The minimum absolute atomic E-state index is 0.639. The van der Waals surface area contributed by atoms with Gasteiger partial charge in [-0.3, -0.25) is 0 Å². The van der Waals surface area contributed by atoms with Crippen molar-refractivity contribution in [2.45, 2.75) is 64.5 Å². The molecule has 3 atom stereocenters. The summed E-state index contributed by atoms with van der Waals surface area (Å²) in [4.78, 5) is 0. The zero-order chi connectivity index (χ0) is 12.8. The minimum atomic E-state index is 0.639. The van der Waals surface area contributed by atoms with Gasteiger partial charge in [0.2, 0.25) is 0 Å². The van der Waals surface area contributed by atoms with E-state index in [1.165, 1.54) is 44.1 Å². The predicted octanol–water partition coefficient (Wildman–Crippen LogP) is 4.18. The Kier molecular flexibility index (Phi) is 5.25. The van der Waals surface area contributed by atoms with E-state index >= 15 is 0 Å². The van der Waals surface area contributed by atoms with Gasteiger partial charge in [-0.1, -0.05) is 50.1 Å². The molecule has 0 spiro atoms. The van der Waals surface area contributed by atoms with E-state index in [4.69, 9.17) is 0 Å². The van der Waals surface area contributed by atoms with Gasteiger partial charge in [-0.25, -0.2) is 0 Å². The summed E-state index contributed by atoms with van der Waals surface area (Å²) < 4.78 is 0. The lowest BCUT2D eigenvalue weighted by atomic mass is 9.86. The fourth-order valence-corrected chi connectivity index (χ4v) is 3.10. The molecule has 0 aliphatic heterocycles. The van der Waals surface area contributed by atoms with Crippen molar-refractivity contribution < 1.29 is 0 Å². The molecule has 18 heavy (non-hydrogen) atoms. The Morgan fingerprint density at radius 3 is 2.72 bits per heavy atom. The monoisotopic (exact) mass is 245 g/mol. The van der Waals surface area contributed by atoms with Gasteiger partial charge in [0.25, 0.3) is 0 Å². The van der Waals surface area contributed by atoms with Crippen LogP contribution in [-0.2, 0) is 6.42 Å². The van der Waals surface area contributed by atoms with E-state index in [0.717, 1.165) is 12.0 Å². The molecule has 1 aromatic carbocycles. The summed E-state index contributed by atoms with van der Waals surface area (Å²) >= 11 is 0. The van der Waals surface area contributed by atoms with Crippen molar-refractivity contribution in [3.05, 3.63) is 35.9 Å². The van der Waals surface area contributed by atoms with Crippen LogP contribution in [0.15, 0.2) is 30.3 Å². The first kappa shape index (κ1) is 13.6. The highest BCUT2D eigenvalue weighted by atomic mass is 14.9. The van der Waals surface area contributed by atoms with Crippen LogP contribution in [0.5, 0.6) is 0 Å². The standard InChI is InChI=1S/C17H27N/c1-14-7-6-10-17(13-14)18-15(2)11-12-16-8-4-3-5-9-16/h3-5,8-9,14-15,17-18H,6-7,10-13H2,1-2H3. The predicted molar refractivity (Wildman–Crippen MR) is 78.8 cm³/mol. The van der Waals surface area contributed by atoms with Crippen molar-refractivity contribution in [3.8, 4) is 0 Å². The molecule has 1 nitrogen and oxygen atoms in total. The fourth-order valence-electron chi connectivity index (χ4n) is 3.10. The molecule has 1 N–H and O–H groups in total. The molecule has 0 heterocycles. The van der Waals surface area contributed by atoms with E-state index in [0.29, 0.717) is 6.04 Å². The van der Waals surface area contributed by atoms with Crippen LogP contribution >= 0.6 is 0 Å². The van der Waals surface area contributed by atoms with Crippen LogP contribution in [0.25, 0.3) is 0 Å². The molecule has 1 saturated carbocycles. The number of benzene rings is 1. The normalized spacial score (nSPS) is 25.9. The molecular weight excluding hydrogens is 218 g/mol. The van der Waals surface area contributed by atoms with Gasteiger partial charge in [-0.15, -0.1) is 0 Å². The first-order valence-electron chi connectivity index (χ1n) is 7.54. The summed E-state index contributed by atoms with van der Waals surface area (Å²) in [5.41, 5.74) is 1.46. The molecule has 1 aliphatic carbocycles. The number of rotatable bonds is 5. The Labute approximate surface area is 112 Å². The molecule has 0 bridgehead atoms. The molecule has 1 aromatic rings. The summed E-state index contributed by atoms with van der Waals surface area (Å²) in [6.07, 6.45) is 8.02. The lowest BCUT2D eigenvalue weighted by molar-refractivity contribution is 0.280. The molecule has 1 aliphatic rings. The van der Waals surface area contributed by atoms with Gasteiger partial charge in [-0.05, 0) is 44.1 Å². The number of aryl methyl sites for hydroxylation is 1. The molecule has 3 unspecified atom stereocenters. The maximum absolute atomic E-state index is 3.82. The molecule has 0 radical (unpaired) electrons. The first-order chi connectivity index (χ1) is 8.74. The van der Waals surface area contributed by atoms with Gasteiger partial charge in [-0.2, -0.15) is 0 Å². The third kappa shape index (κ3) is 4.45. The van der Waals surface area contributed by atoms with E-state index in [1.54, 1.807) is 0 Å². The first-order valence-corrected chi connectivity index (χ1v) is 7.54. The highest BCUT2D eigenvalue weighted by Crippen LogP contribution is 2.24. The van der Waals surface area contributed by atoms with Gasteiger partial charge in [0.1, 0.15) is 0 Å². The van der Waals surface area contributed by atoms with Crippen LogP contribution in [0.1, 0.15) is 51.5 Å². The molecule has 2 rings (SSSR count). The third-order valence-corrected chi connectivity index (χ3v) is 4.17. The average Bonchev–Trinajstić information content (AvgIpc) is 2.38. The summed E-state index contributed by atoms with van der Waals surface area (Å²) in [7, 11) is 0. The highest BCUT2D eigenvalue weighted by Gasteiger charge is 2.19. The van der Waals surface area contributed by atoms with Gasteiger partial charge in [0.15, 0.2) is 0 Å². The molecule has 1 heteroatoms. The molecule has 100 valence electrons. The maximum atomic E-state index is 3.82. The number of hydrogen-bond acceptors (Lipinski definition) is 1. The minimum Gasteiger partial charge on any atom is -0.311 e. The number of hydrogen-bond donors (Lipinski definition) is 1. The lowest BCUT2D eigenvalue weighted by Crippen LogP contribution is -2.39. The van der Waals surface area contributed by atoms with E-state index in [1.807, 2.05) is 0 Å². The SMILES string of the molecule is CC1CCCC(NC(C)CCc2ccccc2)C1. The van der Waals surface area contributed by atoms with Gasteiger partial charge >= 0.3 is 0 Å². The van der Waals surface area contributed by atoms with Crippen LogP contribution < -0.4 is 5.32 Å². The van der Waals surface area contributed by atoms with Crippen molar-refractivity contribution in [2.75, 3.05) is 0 Å². The zero-order valence-electron chi connectivity index (χ0n) is 11.9. The van der Waals surface area contributed by atoms with Crippen molar-refractivity contribution in [3.63, 3.8) is 0 Å². The Morgan fingerprint density at radius 2 is 2.00 bits per heavy atom. The third-order valence-electron chi connectivity index (χ3n) is 4.17. The van der Waals surface area contributed by atoms with Gasteiger partial charge < -0.3 is 5.32 Å². The van der Waals surface area contributed by atoms with Crippen molar-refractivity contribution in [1.29, 1.82) is 0 Å². The molecule has 0 amide bonds. The van der Waals surface area contributed by atoms with Crippen LogP contribution in [0.2, 0.25) is 0 Å². The largest absolute Gasteiger partial charge is 0.311 e. The summed E-state index contributed by atoms with van der Waals surface area (Å²) in [6.45, 7) is 4.73. The van der Waals surface area contributed by atoms with E-state index in [9.17, 15) is 0 Å². The maximum Gasteiger partial charge on any atom is 0.00720 e. The lowest BCUT2D eigenvalue weighted by Gasteiger charge is -2.30. The average molecular weight is 245 g/mol. The summed E-state index contributed by atoms with van der Waals surface area (Å²) in [5, 5.41) is 3.82. The summed E-state index contributed by atoms with van der Waals surface area (Å²) in [6, 6.07) is 12.2. The van der Waals surface area contributed by atoms with Crippen LogP contribution in [-0.4, -0.2) is 12.1 Å². The Hall–Kier alpha value is -0.820. The quantitative estimate of drug-likeness (QED) is 0.820. The second kappa shape index (κ2) is 6.94. The van der Waals surface area contributed by atoms with Crippen LogP contribution in [0, 0.1) is 5.92 Å². The molecule has 0 aromatic heterocycles.